The van der Waals surface area contributed by atoms with E-state index in [1.807, 2.05) is 24.5 Å². The van der Waals surface area contributed by atoms with Crippen LogP contribution in [0.4, 0.5) is 0 Å². The van der Waals surface area contributed by atoms with Crippen LogP contribution in [0.2, 0.25) is 0 Å². The molecule has 0 saturated carbocycles. The molecule has 0 bridgehead atoms. The van der Waals surface area contributed by atoms with Gasteiger partial charge in [-0.1, -0.05) is 12.1 Å². The van der Waals surface area contributed by atoms with Gasteiger partial charge in [0, 0.05) is 48.7 Å². The number of benzene rings is 1. The van der Waals surface area contributed by atoms with Crippen molar-refractivity contribution < 1.29 is 13.2 Å². The standard InChI is InChI=1S/C25H31N7O3S2/c1-2-37(33,34)30-17-6-8-31(9-7-17)25(23-12-21-24(36-23)14-26-16-27-21)32-10-11-35-22(15-32)18-4-3-5-20-19(18)13-28-29-20/h3-5,12-14,16-17,22,25,30H,2,6-11,15H2,1H3,(H,28,29). The molecule has 0 aliphatic carbocycles. The first-order valence-corrected chi connectivity index (χ1v) is 15.2. The van der Waals surface area contributed by atoms with Gasteiger partial charge in [-0.25, -0.2) is 23.1 Å². The van der Waals surface area contributed by atoms with E-state index in [1.165, 1.54) is 4.88 Å². The molecule has 0 spiro atoms. The SMILES string of the molecule is CCS(=O)(=O)NC1CCN(C(c2cc3ncncc3s2)N2CCOC(c3cccc4[nH]ncc34)C2)CC1. The van der Waals surface area contributed by atoms with Crippen molar-refractivity contribution in [2.75, 3.05) is 38.5 Å². The number of H-pyrrole nitrogens is 1. The fourth-order valence-corrected chi connectivity index (χ4v) is 7.54. The minimum atomic E-state index is -3.21. The predicted octanol–water partition coefficient (Wildman–Crippen LogP) is 3.04. The molecule has 4 aromatic rings. The summed E-state index contributed by atoms with van der Waals surface area (Å²) in [6, 6.07) is 8.36. The summed E-state index contributed by atoms with van der Waals surface area (Å²) in [6.45, 7) is 5.48. The first kappa shape index (κ1) is 24.8. The van der Waals surface area contributed by atoms with Crippen LogP contribution < -0.4 is 4.72 Å². The maximum atomic E-state index is 12.1. The van der Waals surface area contributed by atoms with Gasteiger partial charge in [-0.15, -0.1) is 11.3 Å². The molecule has 3 aromatic heterocycles. The van der Waals surface area contributed by atoms with Crippen LogP contribution in [0.3, 0.4) is 0 Å². The third kappa shape index (κ3) is 5.14. The van der Waals surface area contributed by atoms with E-state index in [-0.39, 0.29) is 24.1 Å². The summed E-state index contributed by atoms with van der Waals surface area (Å²) in [4.78, 5) is 14.9. The number of morpholine rings is 1. The largest absolute Gasteiger partial charge is 0.371 e. The van der Waals surface area contributed by atoms with Gasteiger partial charge in [-0.2, -0.15) is 5.10 Å². The number of hydrogen-bond donors (Lipinski definition) is 2. The van der Waals surface area contributed by atoms with Gasteiger partial charge in [0.25, 0.3) is 0 Å². The van der Waals surface area contributed by atoms with E-state index >= 15 is 0 Å². The highest BCUT2D eigenvalue weighted by Crippen LogP contribution is 2.38. The number of ether oxygens (including phenoxy) is 1. The molecule has 2 atom stereocenters. The number of nitrogens with one attached hydrogen (secondary N) is 2. The Morgan fingerprint density at radius 3 is 2.89 bits per heavy atom. The van der Waals surface area contributed by atoms with Gasteiger partial charge in [0.05, 0.1) is 46.6 Å². The third-order valence-corrected chi connectivity index (χ3v) is 9.93. The second-order valence-electron chi connectivity index (χ2n) is 9.66. The van der Waals surface area contributed by atoms with Crippen molar-refractivity contribution in [3.05, 3.63) is 53.4 Å². The summed E-state index contributed by atoms with van der Waals surface area (Å²) in [5.41, 5.74) is 3.11. The molecular weight excluding hydrogens is 510 g/mol. The molecule has 5 heterocycles. The van der Waals surface area contributed by atoms with Crippen molar-refractivity contribution in [3.8, 4) is 0 Å². The Morgan fingerprint density at radius 2 is 2.08 bits per heavy atom. The van der Waals surface area contributed by atoms with Crippen LogP contribution in [0.25, 0.3) is 21.1 Å². The van der Waals surface area contributed by atoms with E-state index in [9.17, 15) is 8.42 Å². The topological polar surface area (TPSA) is 116 Å². The Kier molecular flexibility index (Phi) is 6.95. The molecule has 2 aliphatic rings. The van der Waals surface area contributed by atoms with Gasteiger partial charge in [0.1, 0.15) is 6.33 Å². The molecule has 0 amide bonds. The maximum absolute atomic E-state index is 12.1. The fourth-order valence-electron chi connectivity index (χ4n) is 5.47. The van der Waals surface area contributed by atoms with Crippen molar-refractivity contribution in [2.24, 2.45) is 0 Å². The van der Waals surface area contributed by atoms with Crippen molar-refractivity contribution in [3.63, 3.8) is 0 Å². The van der Waals surface area contributed by atoms with Gasteiger partial charge in [-0.3, -0.25) is 14.9 Å². The normalized spacial score (nSPS) is 21.6. The number of fused-ring (bicyclic) bond motifs is 2. The first-order valence-electron chi connectivity index (χ1n) is 12.7. The van der Waals surface area contributed by atoms with Crippen LogP contribution in [0.5, 0.6) is 0 Å². The Balaban J connectivity index is 1.28. The first-order chi connectivity index (χ1) is 18.0. The molecule has 2 aliphatic heterocycles. The predicted molar refractivity (Wildman–Crippen MR) is 144 cm³/mol. The van der Waals surface area contributed by atoms with E-state index in [0.717, 1.165) is 65.7 Å². The van der Waals surface area contributed by atoms with E-state index in [4.69, 9.17) is 4.74 Å². The lowest BCUT2D eigenvalue weighted by molar-refractivity contribution is -0.0805. The molecular formula is C25H31N7O3S2. The van der Waals surface area contributed by atoms with E-state index in [2.05, 4.69) is 46.8 Å². The van der Waals surface area contributed by atoms with Crippen molar-refractivity contribution in [2.45, 2.75) is 38.1 Å². The second-order valence-corrected chi connectivity index (χ2v) is 12.8. The van der Waals surface area contributed by atoms with Crippen molar-refractivity contribution in [1.82, 2.24) is 34.7 Å². The van der Waals surface area contributed by atoms with E-state index in [0.29, 0.717) is 6.61 Å². The summed E-state index contributed by atoms with van der Waals surface area (Å²) in [6.07, 6.45) is 6.89. The maximum Gasteiger partial charge on any atom is 0.211 e. The zero-order valence-electron chi connectivity index (χ0n) is 20.7. The lowest BCUT2D eigenvalue weighted by Crippen LogP contribution is -2.52. The Hall–Kier alpha value is -2.48. The molecule has 6 rings (SSSR count). The second kappa shape index (κ2) is 10.4. The fraction of sp³-hybridized carbons (Fsp3) is 0.480. The number of nitrogens with zero attached hydrogens (tertiary/aromatic N) is 5. The highest BCUT2D eigenvalue weighted by molar-refractivity contribution is 7.89. The Morgan fingerprint density at radius 1 is 1.22 bits per heavy atom. The molecule has 196 valence electrons. The van der Waals surface area contributed by atoms with Gasteiger partial charge in [0.2, 0.25) is 10.0 Å². The lowest BCUT2D eigenvalue weighted by Gasteiger charge is -2.45. The summed E-state index contributed by atoms with van der Waals surface area (Å²) in [5.74, 6) is 0.108. The molecule has 2 unspecified atom stereocenters. The molecule has 2 N–H and O–H groups in total. The number of aromatic nitrogens is 4. The van der Waals surface area contributed by atoms with Gasteiger partial charge in [0.15, 0.2) is 0 Å². The molecule has 1 aromatic carbocycles. The number of aromatic amines is 1. The van der Waals surface area contributed by atoms with Crippen LogP contribution in [0, 0.1) is 0 Å². The van der Waals surface area contributed by atoms with Crippen LogP contribution in [-0.2, 0) is 14.8 Å². The Labute approximate surface area is 220 Å². The van der Waals surface area contributed by atoms with Crippen molar-refractivity contribution >= 4 is 42.5 Å². The van der Waals surface area contributed by atoms with Gasteiger partial charge >= 0.3 is 0 Å². The molecule has 2 saturated heterocycles. The zero-order chi connectivity index (χ0) is 25.4. The number of thiophene rings is 1. The van der Waals surface area contributed by atoms with E-state index < -0.39 is 10.0 Å². The number of hydrogen-bond acceptors (Lipinski definition) is 9. The average Bonchev–Trinajstić information content (AvgIpc) is 3.57. The van der Waals surface area contributed by atoms with Crippen LogP contribution in [0.1, 0.15) is 42.5 Å². The minimum absolute atomic E-state index is 0.0220. The van der Waals surface area contributed by atoms with Crippen LogP contribution in [-0.4, -0.2) is 83.0 Å². The van der Waals surface area contributed by atoms with Gasteiger partial charge in [-0.05, 0) is 37.5 Å². The van der Waals surface area contributed by atoms with Crippen LogP contribution >= 0.6 is 11.3 Å². The molecule has 10 nitrogen and oxygen atoms in total. The van der Waals surface area contributed by atoms with Crippen molar-refractivity contribution in [1.29, 1.82) is 0 Å². The Bertz CT molecular complexity index is 1450. The average molecular weight is 542 g/mol. The summed E-state index contributed by atoms with van der Waals surface area (Å²) >= 11 is 1.73. The van der Waals surface area contributed by atoms with E-state index in [1.54, 1.807) is 24.6 Å². The quantitative estimate of drug-likeness (QED) is 0.367. The number of sulfonamides is 1. The van der Waals surface area contributed by atoms with Crippen LogP contribution in [0.15, 0.2) is 43.0 Å². The molecule has 0 radical (unpaired) electrons. The highest BCUT2D eigenvalue weighted by atomic mass is 32.2. The lowest BCUT2D eigenvalue weighted by atomic mass is 10.0. The zero-order valence-corrected chi connectivity index (χ0v) is 22.3. The minimum Gasteiger partial charge on any atom is -0.371 e. The molecule has 2 fully saturated rings. The highest BCUT2D eigenvalue weighted by Gasteiger charge is 2.36. The smallest absolute Gasteiger partial charge is 0.211 e. The number of piperidine rings is 1. The summed E-state index contributed by atoms with van der Waals surface area (Å²) < 4.78 is 34.5. The monoisotopic (exact) mass is 541 g/mol. The number of rotatable bonds is 7. The number of likely N-dealkylation sites (tertiary alicyclic amines) is 1. The molecule has 12 heteroatoms. The van der Waals surface area contributed by atoms with Gasteiger partial charge < -0.3 is 4.74 Å². The summed E-state index contributed by atoms with van der Waals surface area (Å²) in [5, 5.41) is 8.38. The third-order valence-electron chi connectivity index (χ3n) is 7.38. The summed E-state index contributed by atoms with van der Waals surface area (Å²) in [7, 11) is -3.21. The molecule has 37 heavy (non-hydrogen) atoms.